The summed E-state index contributed by atoms with van der Waals surface area (Å²) in [6, 6.07) is 13.1. The molecule has 1 heterocycles. The number of hydrogen-bond donors (Lipinski definition) is 2. The van der Waals surface area contributed by atoms with Crippen LogP contribution in [0.4, 0.5) is 0 Å². The van der Waals surface area contributed by atoms with E-state index in [-0.39, 0.29) is 6.04 Å². The van der Waals surface area contributed by atoms with E-state index in [1.807, 2.05) is 12.3 Å². The lowest BCUT2D eigenvalue weighted by Gasteiger charge is -2.31. The second-order valence-corrected chi connectivity index (χ2v) is 5.79. The number of rotatable bonds is 4. The Hall–Kier alpha value is -1.71. The summed E-state index contributed by atoms with van der Waals surface area (Å²) in [4.78, 5) is 4.63. The van der Waals surface area contributed by atoms with Gasteiger partial charge in [0.15, 0.2) is 0 Å². The van der Waals surface area contributed by atoms with Crippen LogP contribution in [-0.2, 0) is 12.8 Å². The number of nitrogens with two attached hydrogens (primary N) is 1. The fourth-order valence-electron chi connectivity index (χ4n) is 3.38. The van der Waals surface area contributed by atoms with Crippen molar-refractivity contribution in [3.8, 4) is 0 Å². The number of hydrogen-bond acceptors (Lipinski definition) is 3. The fourth-order valence-corrected chi connectivity index (χ4v) is 3.38. The molecule has 1 aromatic heterocycles. The molecule has 0 aliphatic heterocycles. The van der Waals surface area contributed by atoms with Crippen LogP contribution in [0.2, 0.25) is 0 Å². The monoisotopic (exact) mass is 281 g/mol. The topological polar surface area (TPSA) is 50.9 Å². The zero-order valence-electron chi connectivity index (χ0n) is 12.5. The Labute approximate surface area is 126 Å². The normalized spacial score (nSPS) is 19.0. The van der Waals surface area contributed by atoms with E-state index < -0.39 is 0 Å². The molecule has 0 fully saturated rings. The summed E-state index contributed by atoms with van der Waals surface area (Å²) >= 11 is 0. The highest BCUT2D eigenvalue weighted by molar-refractivity contribution is 5.32. The molecule has 3 N–H and O–H groups in total. The lowest BCUT2D eigenvalue weighted by Crippen LogP contribution is -2.34. The van der Waals surface area contributed by atoms with Crippen LogP contribution in [0, 0.1) is 0 Å². The molecule has 2 aromatic rings. The maximum Gasteiger partial charge on any atom is 0.0543 e. The van der Waals surface area contributed by atoms with E-state index in [4.69, 9.17) is 5.84 Å². The molecular formula is C18H23N3. The molecule has 21 heavy (non-hydrogen) atoms. The van der Waals surface area contributed by atoms with Gasteiger partial charge in [-0.1, -0.05) is 37.3 Å². The van der Waals surface area contributed by atoms with Gasteiger partial charge in [-0.05, 0) is 48.4 Å². The minimum absolute atomic E-state index is 0.129. The molecule has 2 unspecified atom stereocenters. The molecule has 0 bridgehead atoms. The molecule has 3 rings (SSSR count). The highest BCUT2D eigenvalue weighted by atomic mass is 15.2. The van der Waals surface area contributed by atoms with Gasteiger partial charge >= 0.3 is 0 Å². The van der Waals surface area contributed by atoms with Gasteiger partial charge in [0.05, 0.1) is 6.04 Å². The van der Waals surface area contributed by atoms with Crippen molar-refractivity contribution in [2.24, 2.45) is 5.84 Å². The number of aryl methyl sites for hydroxylation is 2. The number of benzene rings is 1. The van der Waals surface area contributed by atoms with Crippen molar-refractivity contribution in [3.05, 3.63) is 65.0 Å². The predicted octanol–water partition coefficient (Wildman–Crippen LogP) is 3.27. The lowest BCUT2D eigenvalue weighted by molar-refractivity contribution is 0.400. The van der Waals surface area contributed by atoms with Crippen molar-refractivity contribution in [2.75, 3.05) is 0 Å². The van der Waals surface area contributed by atoms with E-state index in [9.17, 15) is 0 Å². The molecule has 0 saturated carbocycles. The zero-order chi connectivity index (χ0) is 14.7. The maximum absolute atomic E-state index is 5.89. The quantitative estimate of drug-likeness (QED) is 0.668. The van der Waals surface area contributed by atoms with Gasteiger partial charge in [-0.15, -0.1) is 0 Å². The van der Waals surface area contributed by atoms with Crippen molar-refractivity contribution in [1.29, 1.82) is 0 Å². The van der Waals surface area contributed by atoms with Gasteiger partial charge in [0.25, 0.3) is 0 Å². The molecule has 2 atom stereocenters. The van der Waals surface area contributed by atoms with Gasteiger partial charge in [-0.3, -0.25) is 16.3 Å². The lowest BCUT2D eigenvalue weighted by atomic mass is 9.79. The molecule has 0 amide bonds. The number of nitrogens with one attached hydrogen (secondary N) is 1. The Kier molecular flexibility index (Phi) is 4.32. The van der Waals surface area contributed by atoms with Crippen molar-refractivity contribution >= 4 is 0 Å². The van der Waals surface area contributed by atoms with Gasteiger partial charge in [-0.2, -0.15) is 0 Å². The molecule has 1 aliphatic carbocycles. The molecule has 1 aromatic carbocycles. The first-order valence-corrected chi connectivity index (χ1v) is 7.82. The van der Waals surface area contributed by atoms with E-state index >= 15 is 0 Å². The van der Waals surface area contributed by atoms with Gasteiger partial charge < -0.3 is 0 Å². The van der Waals surface area contributed by atoms with Gasteiger partial charge in [0, 0.05) is 17.8 Å². The van der Waals surface area contributed by atoms with Crippen LogP contribution >= 0.6 is 0 Å². The maximum atomic E-state index is 5.89. The van der Waals surface area contributed by atoms with Crippen molar-refractivity contribution in [3.63, 3.8) is 0 Å². The molecule has 0 radical (unpaired) electrons. The second-order valence-electron chi connectivity index (χ2n) is 5.79. The molecule has 0 saturated heterocycles. The SMILES string of the molecule is CCc1ccc(C(NN)C2CCCc3cccnc32)cc1. The zero-order valence-corrected chi connectivity index (χ0v) is 12.5. The molecule has 3 heteroatoms. The predicted molar refractivity (Wildman–Crippen MR) is 85.8 cm³/mol. The van der Waals surface area contributed by atoms with Gasteiger partial charge in [0.2, 0.25) is 0 Å². The second kappa shape index (κ2) is 6.37. The first-order valence-electron chi connectivity index (χ1n) is 7.82. The van der Waals surface area contributed by atoms with Crippen LogP contribution in [0.1, 0.15) is 54.1 Å². The van der Waals surface area contributed by atoms with Crippen LogP contribution < -0.4 is 11.3 Å². The molecule has 1 aliphatic rings. The summed E-state index contributed by atoms with van der Waals surface area (Å²) in [5.74, 6) is 6.24. The smallest absolute Gasteiger partial charge is 0.0543 e. The summed E-state index contributed by atoms with van der Waals surface area (Å²) in [6.07, 6.45) is 6.43. The Morgan fingerprint density at radius 1 is 1.29 bits per heavy atom. The van der Waals surface area contributed by atoms with Crippen LogP contribution in [0.15, 0.2) is 42.6 Å². The first-order chi connectivity index (χ1) is 10.3. The number of hydrazine groups is 1. The summed E-state index contributed by atoms with van der Waals surface area (Å²) < 4.78 is 0. The Bertz CT molecular complexity index is 592. The number of aromatic nitrogens is 1. The summed E-state index contributed by atoms with van der Waals surface area (Å²) in [6.45, 7) is 2.18. The molecular weight excluding hydrogens is 258 g/mol. The standard InChI is InChI=1S/C18H23N3/c1-2-13-8-10-15(11-9-13)18(21-19)16-7-3-5-14-6-4-12-20-17(14)16/h4,6,8-12,16,18,21H,2-3,5,7,19H2,1H3. The minimum Gasteiger partial charge on any atom is -0.271 e. The van der Waals surface area contributed by atoms with Crippen molar-refractivity contribution < 1.29 is 0 Å². The summed E-state index contributed by atoms with van der Waals surface area (Å²) in [5.41, 5.74) is 8.22. The minimum atomic E-state index is 0.129. The van der Waals surface area contributed by atoms with Gasteiger partial charge in [-0.25, -0.2) is 0 Å². The third-order valence-electron chi connectivity index (χ3n) is 4.57. The molecule has 110 valence electrons. The number of fused-ring (bicyclic) bond motifs is 1. The Balaban J connectivity index is 1.93. The number of pyridine rings is 1. The van der Waals surface area contributed by atoms with E-state index in [1.54, 1.807) is 0 Å². The van der Waals surface area contributed by atoms with Crippen LogP contribution in [0.5, 0.6) is 0 Å². The van der Waals surface area contributed by atoms with E-state index in [0.717, 1.165) is 19.3 Å². The highest BCUT2D eigenvalue weighted by Crippen LogP contribution is 2.38. The van der Waals surface area contributed by atoms with Crippen LogP contribution in [0.25, 0.3) is 0 Å². The Morgan fingerprint density at radius 3 is 2.81 bits per heavy atom. The third kappa shape index (κ3) is 2.85. The summed E-state index contributed by atoms with van der Waals surface area (Å²) in [7, 11) is 0. The van der Waals surface area contributed by atoms with Crippen LogP contribution in [-0.4, -0.2) is 4.98 Å². The number of nitrogens with zero attached hydrogens (tertiary/aromatic N) is 1. The molecule has 3 nitrogen and oxygen atoms in total. The summed E-state index contributed by atoms with van der Waals surface area (Å²) in [5, 5.41) is 0. The first kappa shape index (κ1) is 14.2. The molecule has 0 spiro atoms. The van der Waals surface area contributed by atoms with Crippen molar-refractivity contribution in [2.45, 2.75) is 44.6 Å². The average molecular weight is 281 g/mol. The van der Waals surface area contributed by atoms with Crippen LogP contribution in [0.3, 0.4) is 0 Å². The van der Waals surface area contributed by atoms with E-state index in [0.29, 0.717) is 5.92 Å². The third-order valence-corrected chi connectivity index (χ3v) is 4.57. The van der Waals surface area contributed by atoms with E-state index in [1.165, 1.54) is 28.8 Å². The largest absolute Gasteiger partial charge is 0.271 e. The van der Waals surface area contributed by atoms with E-state index in [2.05, 4.69) is 47.7 Å². The van der Waals surface area contributed by atoms with Crippen molar-refractivity contribution in [1.82, 2.24) is 10.4 Å². The average Bonchev–Trinajstić information content (AvgIpc) is 2.56. The Morgan fingerprint density at radius 2 is 2.10 bits per heavy atom. The van der Waals surface area contributed by atoms with Gasteiger partial charge in [0.1, 0.15) is 0 Å². The fraction of sp³-hybridized carbons (Fsp3) is 0.389. The highest BCUT2D eigenvalue weighted by Gasteiger charge is 2.29.